The summed E-state index contributed by atoms with van der Waals surface area (Å²) in [6.45, 7) is 16.5. The minimum absolute atomic E-state index is 0.506. The molecule has 2 aliphatic heterocycles. The van der Waals surface area contributed by atoms with Gasteiger partial charge in [-0.3, -0.25) is 9.69 Å². The number of carbonyl (C=O) groups is 1. The van der Waals surface area contributed by atoms with Crippen LogP contribution in [0.15, 0.2) is 34.0 Å². The van der Waals surface area contributed by atoms with Crippen LogP contribution in [0, 0.1) is 12.3 Å². The van der Waals surface area contributed by atoms with E-state index in [-0.39, 0.29) is 0 Å². The number of piperazine rings is 1. The average molecular weight is 515 g/mol. The molecule has 0 saturated carbocycles. The fourth-order valence-electron chi connectivity index (χ4n) is 4.81. The van der Waals surface area contributed by atoms with Crippen LogP contribution < -0.4 is 4.74 Å². The summed E-state index contributed by atoms with van der Waals surface area (Å²) in [7, 11) is 0. The predicted octanol–water partition coefficient (Wildman–Crippen LogP) is 6.75. The molecule has 190 valence electrons. The molecule has 0 unspecified atom stereocenters. The SMILES string of the molecule is CC1=C(N2CCN(CC(C)(C)C(=O)O)CC2)c2cc(SC(C)C)sc2Oc2cc(C)ccc2CC1. The highest BCUT2D eigenvalue weighted by molar-refractivity contribution is 8.01. The monoisotopic (exact) mass is 514 g/mol. The van der Waals surface area contributed by atoms with E-state index in [1.807, 2.05) is 25.6 Å². The first kappa shape index (κ1) is 26.1. The zero-order chi connectivity index (χ0) is 25.3. The Hall–Kier alpha value is -1.96. The largest absolute Gasteiger partial charge is 0.481 e. The quantitative estimate of drug-likeness (QED) is 0.430. The Kier molecular flexibility index (Phi) is 7.89. The lowest BCUT2D eigenvalue weighted by Crippen LogP contribution is -2.49. The number of fused-ring (bicyclic) bond motifs is 2. The number of hydrogen-bond acceptors (Lipinski definition) is 6. The normalized spacial score (nSPS) is 17.4. The first-order valence-corrected chi connectivity index (χ1v) is 14.2. The number of carboxylic acid groups (broad SMARTS) is 1. The van der Waals surface area contributed by atoms with Gasteiger partial charge in [0.2, 0.25) is 0 Å². The van der Waals surface area contributed by atoms with E-state index in [0.29, 0.717) is 11.8 Å². The predicted molar refractivity (Wildman–Crippen MR) is 147 cm³/mol. The fraction of sp³-hybridized carbons (Fsp3) is 0.536. The van der Waals surface area contributed by atoms with Crippen LogP contribution in [0.4, 0.5) is 0 Å². The Balaban J connectivity index is 1.65. The fourth-order valence-corrected chi connectivity index (χ4v) is 7.22. The molecule has 35 heavy (non-hydrogen) atoms. The van der Waals surface area contributed by atoms with Gasteiger partial charge in [0.25, 0.3) is 0 Å². The second kappa shape index (κ2) is 10.6. The van der Waals surface area contributed by atoms with Crippen molar-refractivity contribution in [3.8, 4) is 10.8 Å². The number of nitrogens with zero attached hydrogens (tertiary/aromatic N) is 2. The van der Waals surface area contributed by atoms with Crippen molar-refractivity contribution in [2.24, 2.45) is 5.41 Å². The molecular formula is C28H38N2O3S2. The zero-order valence-electron chi connectivity index (χ0n) is 21.8. The minimum atomic E-state index is -0.739. The first-order valence-electron chi connectivity index (χ1n) is 12.5. The van der Waals surface area contributed by atoms with Crippen molar-refractivity contribution in [2.75, 3.05) is 32.7 Å². The summed E-state index contributed by atoms with van der Waals surface area (Å²) >= 11 is 3.64. The highest BCUT2D eigenvalue weighted by Crippen LogP contribution is 2.47. The highest BCUT2D eigenvalue weighted by Gasteiger charge is 2.32. The molecule has 1 aromatic heterocycles. The topological polar surface area (TPSA) is 53.0 Å². The second-order valence-corrected chi connectivity index (χ2v) is 13.6. The van der Waals surface area contributed by atoms with Gasteiger partial charge < -0.3 is 14.7 Å². The van der Waals surface area contributed by atoms with E-state index in [2.05, 4.69) is 61.8 Å². The molecule has 5 nitrogen and oxygen atoms in total. The summed E-state index contributed by atoms with van der Waals surface area (Å²) in [4.78, 5) is 16.4. The second-order valence-electron chi connectivity index (χ2n) is 10.7. The van der Waals surface area contributed by atoms with Gasteiger partial charge in [-0.1, -0.05) is 37.3 Å². The molecule has 0 radical (unpaired) electrons. The van der Waals surface area contributed by atoms with Crippen molar-refractivity contribution < 1.29 is 14.6 Å². The van der Waals surface area contributed by atoms with Crippen LogP contribution in [-0.2, 0) is 11.2 Å². The summed E-state index contributed by atoms with van der Waals surface area (Å²) in [5, 5.41) is 11.0. The molecule has 0 spiro atoms. The number of ether oxygens (including phenoxy) is 1. The molecule has 2 aliphatic rings. The molecule has 1 aromatic carbocycles. The standard InChI is InChI=1S/C28H38N2O3S2/c1-18(2)34-24-16-22-25(30-13-11-29(12-14-30)17-28(5,6)27(31)32)20(4)8-10-21-9-7-19(3)15-23(21)33-26(22)35-24/h7,9,15-16,18H,8,10-14,17H2,1-6H3,(H,31,32). The highest BCUT2D eigenvalue weighted by atomic mass is 32.2. The van der Waals surface area contributed by atoms with Gasteiger partial charge in [-0.25, -0.2) is 0 Å². The molecule has 0 atom stereocenters. The number of rotatable bonds is 6. The summed E-state index contributed by atoms with van der Waals surface area (Å²) in [5.41, 5.74) is 5.62. The summed E-state index contributed by atoms with van der Waals surface area (Å²) in [6, 6.07) is 8.87. The van der Waals surface area contributed by atoms with Crippen molar-refractivity contribution in [1.82, 2.24) is 9.80 Å². The summed E-state index contributed by atoms with van der Waals surface area (Å²) in [6.07, 6.45) is 1.95. The van der Waals surface area contributed by atoms with Crippen LogP contribution in [-0.4, -0.2) is 58.8 Å². The van der Waals surface area contributed by atoms with Crippen LogP contribution in [0.5, 0.6) is 10.8 Å². The van der Waals surface area contributed by atoms with Gasteiger partial charge in [0.1, 0.15) is 5.75 Å². The third-order valence-corrected chi connectivity index (χ3v) is 8.94. The van der Waals surface area contributed by atoms with Gasteiger partial charge in [-0.05, 0) is 69.4 Å². The van der Waals surface area contributed by atoms with E-state index >= 15 is 0 Å². The average Bonchev–Trinajstić information content (AvgIpc) is 3.16. The third-order valence-electron chi connectivity index (χ3n) is 6.77. The van der Waals surface area contributed by atoms with Crippen molar-refractivity contribution in [1.29, 1.82) is 0 Å². The lowest BCUT2D eigenvalue weighted by Gasteiger charge is -2.40. The molecular weight excluding hydrogens is 476 g/mol. The van der Waals surface area contributed by atoms with Crippen LogP contribution in [0.1, 0.15) is 57.7 Å². The van der Waals surface area contributed by atoms with Gasteiger partial charge in [-0.2, -0.15) is 0 Å². The summed E-state index contributed by atoms with van der Waals surface area (Å²) < 4.78 is 7.94. The molecule has 0 bridgehead atoms. The van der Waals surface area contributed by atoms with Gasteiger partial charge in [0, 0.05) is 43.7 Å². The Morgan fingerprint density at radius 1 is 1.14 bits per heavy atom. The van der Waals surface area contributed by atoms with Gasteiger partial charge in [0.15, 0.2) is 5.06 Å². The Morgan fingerprint density at radius 3 is 2.51 bits per heavy atom. The minimum Gasteiger partial charge on any atom is -0.481 e. The Labute approximate surface area is 218 Å². The van der Waals surface area contributed by atoms with E-state index in [1.165, 1.54) is 32.2 Å². The number of carboxylic acids is 1. The lowest BCUT2D eigenvalue weighted by atomic mass is 9.92. The zero-order valence-corrected chi connectivity index (χ0v) is 23.4. The summed E-state index contributed by atoms with van der Waals surface area (Å²) in [5.74, 6) is 0.240. The van der Waals surface area contributed by atoms with Crippen LogP contribution in [0.25, 0.3) is 5.70 Å². The van der Waals surface area contributed by atoms with Crippen molar-refractivity contribution in [3.05, 3.63) is 46.5 Å². The van der Waals surface area contributed by atoms with Crippen molar-refractivity contribution in [2.45, 2.75) is 63.8 Å². The van der Waals surface area contributed by atoms with Crippen LogP contribution in [0.2, 0.25) is 0 Å². The molecule has 1 N–H and O–H groups in total. The number of hydrogen-bond donors (Lipinski definition) is 1. The molecule has 2 aromatic rings. The first-order chi connectivity index (χ1) is 16.5. The molecule has 7 heteroatoms. The Morgan fingerprint density at radius 2 is 1.86 bits per heavy atom. The molecule has 0 amide bonds. The van der Waals surface area contributed by atoms with Gasteiger partial charge in [0.05, 0.1) is 15.2 Å². The number of aryl methyl sites for hydroxylation is 2. The van der Waals surface area contributed by atoms with E-state index in [1.54, 1.807) is 11.3 Å². The maximum Gasteiger partial charge on any atom is 0.310 e. The number of aliphatic carboxylic acids is 1. The number of benzene rings is 1. The number of allylic oxidation sites excluding steroid dienone is 1. The van der Waals surface area contributed by atoms with Gasteiger partial charge in [-0.15, -0.1) is 11.8 Å². The molecule has 1 fully saturated rings. The molecule has 4 rings (SSSR count). The van der Waals surface area contributed by atoms with E-state index in [4.69, 9.17) is 4.74 Å². The third kappa shape index (κ3) is 6.07. The van der Waals surface area contributed by atoms with Crippen LogP contribution in [0.3, 0.4) is 0 Å². The van der Waals surface area contributed by atoms with Crippen molar-refractivity contribution >= 4 is 34.8 Å². The smallest absolute Gasteiger partial charge is 0.310 e. The van der Waals surface area contributed by atoms with Gasteiger partial charge >= 0.3 is 5.97 Å². The van der Waals surface area contributed by atoms with E-state index < -0.39 is 11.4 Å². The lowest BCUT2D eigenvalue weighted by molar-refractivity contribution is -0.148. The maximum atomic E-state index is 11.6. The molecule has 1 saturated heterocycles. The van der Waals surface area contributed by atoms with E-state index in [0.717, 1.165) is 49.8 Å². The number of thioether (sulfide) groups is 1. The van der Waals surface area contributed by atoms with E-state index in [9.17, 15) is 9.90 Å². The molecule has 3 heterocycles. The Bertz CT molecular complexity index is 1110. The van der Waals surface area contributed by atoms with Crippen LogP contribution >= 0.6 is 23.1 Å². The number of thiophene rings is 1. The molecule has 0 aliphatic carbocycles. The maximum absolute atomic E-state index is 11.6. The van der Waals surface area contributed by atoms with Crippen molar-refractivity contribution in [3.63, 3.8) is 0 Å².